The third-order valence-electron chi connectivity index (χ3n) is 3.68. The van der Waals surface area contributed by atoms with Gasteiger partial charge in [0.2, 0.25) is 0 Å². The summed E-state index contributed by atoms with van der Waals surface area (Å²) in [6.07, 6.45) is -2.33. The second-order valence-electron chi connectivity index (χ2n) is 4.86. The number of benzene rings is 1. The Labute approximate surface area is 113 Å². The zero-order valence-corrected chi connectivity index (χ0v) is 11.7. The number of hydrogen-bond acceptors (Lipinski definition) is 1. The zero-order chi connectivity index (χ0) is 14.5. The van der Waals surface area contributed by atoms with Gasteiger partial charge in [-0.25, -0.2) is 0 Å². The van der Waals surface area contributed by atoms with Crippen molar-refractivity contribution in [2.24, 2.45) is 5.92 Å². The van der Waals surface area contributed by atoms with Crippen molar-refractivity contribution in [1.29, 1.82) is 0 Å². The summed E-state index contributed by atoms with van der Waals surface area (Å²) in [7, 11) is 1.84. The maximum atomic E-state index is 12.8. The number of alkyl halides is 3. The van der Waals surface area contributed by atoms with Crippen LogP contribution in [0.4, 0.5) is 13.2 Å². The van der Waals surface area contributed by atoms with Gasteiger partial charge in [-0.15, -0.1) is 0 Å². The highest BCUT2D eigenvalue weighted by molar-refractivity contribution is 5.29. The van der Waals surface area contributed by atoms with E-state index in [0.29, 0.717) is 12.5 Å². The molecule has 0 radical (unpaired) electrons. The van der Waals surface area contributed by atoms with Crippen LogP contribution in [0, 0.1) is 5.92 Å². The summed E-state index contributed by atoms with van der Waals surface area (Å²) in [5.41, 5.74) is 0.218. The van der Waals surface area contributed by atoms with E-state index in [1.54, 1.807) is 6.07 Å². The van der Waals surface area contributed by atoms with Gasteiger partial charge in [0.1, 0.15) is 0 Å². The molecule has 0 saturated carbocycles. The van der Waals surface area contributed by atoms with E-state index in [1.165, 1.54) is 12.1 Å². The standard InChI is InChI=1S/C15H22F3N/c1-4-11(5-2)14(10-19-3)12-7-6-8-13(9-12)15(16,17)18/h6-9,11,14,19H,4-5,10H2,1-3H3. The molecule has 0 aliphatic rings. The molecule has 108 valence electrons. The Morgan fingerprint density at radius 3 is 2.26 bits per heavy atom. The molecule has 1 aromatic carbocycles. The number of hydrogen-bond donors (Lipinski definition) is 1. The zero-order valence-electron chi connectivity index (χ0n) is 11.7. The topological polar surface area (TPSA) is 12.0 Å². The second kappa shape index (κ2) is 6.94. The Balaban J connectivity index is 3.09. The minimum Gasteiger partial charge on any atom is -0.319 e. The molecule has 1 rings (SSSR count). The Bertz CT molecular complexity index is 383. The molecule has 0 bridgehead atoms. The highest BCUT2D eigenvalue weighted by Crippen LogP contribution is 2.34. The van der Waals surface area contributed by atoms with Gasteiger partial charge in [0.15, 0.2) is 0 Å². The molecule has 0 aromatic heterocycles. The van der Waals surface area contributed by atoms with Gasteiger partial charge in [-0.1, -0.05) is 44.9 Å². The molecule has 0 heterocycles. The summed E-state index contributed by atoms with van der Waals surface area (Å²) in [6, 6.07) is 5.73. The van der Waals surface area contributed by atoms with Gasteiger partial charge in [-0.3, -0.25) is 0 Å². The van der Waals surface area contributed by atoms with E-state index in [9.17, 15) is 13.2 Å². The Hall–Kier alpha value is -1.03. The Kier molecular flexibility index (Phi) is 5.85. The molecule has 1 aromatic rings. The lowest BCUT2D eigenvalue weighted by Crippen LogP contribution is -2.24. The van der Waals surface area contributed by atoms with Crippen LogP contribution in [0.25, 0.3) is 0 Å². The highest BCUT2D eigenvalue weighted by Gasteiger charge is 2.31. The molecule has 19 heavy (non-hydrogen) atoms. The number of halogens is 3. The van der Waals surface area contributed by atoms with Crippen LogP contribution in [-0.2, 0) is 6.18 Å². The summed E-state index contributed by atoms with van der Waals surface area (Å²) in [5.74, 6) is 0.526. The first-order valence-corrected chi connectivity index (χ1v) is 6.75. The van der Waals surface area contributed by atoms with Crippen LogP contribution in [0.2, 0.25) is 0 Å². The van der Waals surface area contributed by atoms with Gasteiger partial charge < -0.3 is 5.32 Å². The SMILES string of the molecule is CCC(CC)C(CNC)c1cccc(C(F)(F)F)c1. The molecule has 1 atom stereocenters. The maximum absolute atomic E-state index is 12.8. The van der Waals surface area contributed by atoms with Crippen molar-refractivity contribution in [2.45, 2.75) is 38.8 Å². The summed E-state index contributed by atoms with van der Waals surface area (Å²) >= 11 is 0. The fourth-order valence-corrected chi connectivity index (χ4v) is 2.58. The van der Waals surface area contributed by atoms with E-state index in [0.717, 1.165) is 24.5 Å². The van der Waals surface area contributed by atoms with Gasteiger partial charge in [0.25, 0.3) is 0 Å². The lowest BCUT2D eigenvalue weighted by molar-refractivity contribution is -0.137. The molecular formula is C15H22F3N. The molecule has 0 spiro atoms. The van der Waals surface area contributed by atoms with Crippen LogP contribution in [0.1, 0.15) is 43.7 Å². The van der Waals surface area contributed by atoms with Crippen LogP contribution in [0.15, 0.2) is 24.3 Å². The fourth-order valence-electron chi connectivity index (χ4n) is 2.58. The van der Waals surface area contributed by atoms with E-state index in [-0.39, 0.29) is 5.92 Å². The van der Waals surface area contributed by atoms with E-state index < -0.39 is 11.7 Å². The Morgan fingerprint density at radius 2 is 1.79 bits per heavy atom. The number of nitrogens with one attached hydrogen (secondary N) is 1. The van der Waals surface area contributed by atoms with Gasteiger partial charge in [0, 0.05) is 6.54 Å². The van der Waals surface area contributed by atoms with E-state index in [4.69, 9.17) is 0 Å². The highest BCUT2D eigenvalue weighted by atomic mass is 19.4. The largest absolute Gasteiger partial charge is 0.416 e. The van der Waals surface area contributed by atoms with Crippen LogP contribution in [-0.4, -0.2) is 13.6 Å². The predicted molar refractivity (Wildman–Crippen MR) is 72.2 cm³/mol. The quantitative estimate of drug-likeness (QED) is 0.807. The first kappa shape index (κ1) is 16.0. The van der Waals surface area contributed by atoms with E-state index in [1.807, 2.05) is 7.05 Å². The van der Waals surface area contributed by atoms with Crippen molar-refractivity contribution in [3.8, 4) is 0 Å². The Morgan fingerprint density at radius 1 is 1.16 bits per heavy atom. The third-order valence-corrected chi connectivity index (χ3v) is 3.68. The van der Waals surface area contributed by atoms with Gasteiger partial charge in [-0.2, -0.15) is 13.2 Å². The van der Waals surface area contributed by atoms with Gasteiger partial charge in [0.05, 0.1) is 5.56 Å². The summed E-state index contributed by atoms with van der Waals surface area (Å²) < 4.78 is 38.3. The molecule has 1 N–H and O–H groups in total. The minimum absolute atomic E-state index is 0.127. The molecular weight excluding hydrogens is 251 g/mol. The van der Waals surface area contributed by atoms with Crippen molar-refractivity contribution in [3.05, 3.63) is 35.4 Å². The van der Waals surface area contributed by atoms with E-state index >= 15 is 0 Å². The summed E-state index contributed by atoms with van der Waals surface area (Å²) in [5, 5.41) is 3.09. The van der Waals surface area contributed by atoms with Crippen LogP contribution < -0.4 is 5.32 Å². The van der Waals surface area contributed by atoms with Crippen LogP contribution >= 0.6 is 0 Å². The van der Waals surface area contributed by atoms with Gasteiger partial charge in [-0.05, 0) is 30.5 Å². The molecule has 0 aliphatic carbocycles. The average molecular weight is 273 g/mol. The smallest absolute Gasteiger partial charge is 0.319 e. The second-order valence-corrected chi connectivity index (χ2v) is 4.86. The molecule has 1 unspecified atom stereocenters. The molecule has 1 nitrogen and oxygen atoms in total. The molecule has 0 amide bonds. The lowest BCUT2D eigenvalue weighted by Gasteiger charge is -2.26. The molecule has 0 saturated heterocycles. The molecule has 0 fully saturated rings. The predicted octanol–water partition coefficient (Wildman–Crippen LogP) is 4.44. The van der Waals surface area contributed by atoms with Crippen LogP contribution in [0.3, 0.4) is 0 Å². The van der Waals surface area contributed by atoms with Gasteiger partial charge >= 0.3 is 6.18 Å². The minimum atomic E-state index is -4.27. The van der Waals surface area contributed by atoms with Crippen molar-refractivity contribution >= 4 is 0 Å². The average Bonchev–Trinajstić information content (AvgIpc) is 2.38. The number of rotatable bonds is 6. The molecule has 4 heteroatoms. The molecule has 0 aliphatic heterocycles. The van der Waals surface area contributed by atoms with Crippen molar-refractivity contribution in [1.82, 2.24) is 5.32 Å². The van der Waals surface area contributed by atoms with E-state index in [2.05, 4.69) is 19.2 Å². The summed E-state index contributed by atoms with van der Waals surface area (Å²) in [6.45, 7) is 4.88. The first-order chi connectivity index (χ1) is 8.93. The van der Waals surface area contributed by atoms with Crippen molar-refractivity contribution in [3.63, 3.8) is 0 Å². The van der Waals surface area contributed by atoms with Crippen molar-refractivity contribution < 1.29 is 13.2 Å². The first-order valence-electron chi connectivity index (χ1n) is 6.75. The van der Waals surface area contributed by atoms with Crippen molar-refractivity contribution in [2.75, 3.05) is 13.6 Å². The maximum Gasteiger partial charge on any atom is 0.416 e. The normalized spacial score (nSPS) is 13.8. The monoisotopic (exact) mass is 273 g/mol. The number of likely N-dealkylation sites (N-methyl/N-ethyl adjacent to an activating group) is 1. The fraction of sp³-hybridized carbons (Fsp3) is 0.600. The third kappa shape index (κ3) is 4.23. The summed E-state index contributed by atoms with van der Waals surface area (Å²) in [4.78, 5) is 0. The van der Waals surface area contributed by atoms with Crippen LogP contribution in [0.5, 0.6) is 0 Å². The lowest BCUT2D eigenvalue weighted by atomic mass is 9.82.